The van der Waals surface area contributed by atoms with Gasteiger partial charge in [0.15, 0.2) is 0 Å². The Hall–Kier alpha value is -1.75. The van der Waals surface area contributed by atoms with Gasteiger partial charge in [-0.25, -0.2) is 0 Å². The third-order valence-electron chi connectivity index (χ3n) is 4.57. The van der Waals surface area contributed by atoms with Crippen molar-refractivity contribution in [1.29, 1.82) is 0 Å². The van der Waals surface area contributed by atoms with Gasteiger partial charge < -0.3 is 9.84 Å². The van der Waals surface area contributed by atoms with Gasteiger partial charge in [-0.05, 0) is 50.4 Å². The molecule has 0 aliphatic carbocycles. The fourth-order valence-electron chi connectivity index (χ4n) is 2.94. The van der Waals surface area contributed by atoms with E-state index in [9.17, 15) is 0 Å². The van der Waals surface area contributed by atoms with Crippen LogP contribution in [0.2, 0.25) is 0 Å². The number of hydrogen-bond acceptors (Lipinski definition) is 5. The molecule has 0 saturated carbocycles. The van der Waals surface area contributed by atoms with Gasteiger partial charge in [-0.1, -0.05) is 19.0 Å². The molecule has 0 spiro atoms. The van der Waals surface area contributed by atoms with Crippen LogP contribution in [0.3, 0.4) is 0 Å². The largest absolute Gasteiger partial charge is 0.338 e. The maximum Gasteiger partial charge on any atom is 0.232 e. The highest BCUT2D eigenvalue weighted by molar-refractivity contribution is 5.57. The van der Waals surface area contributed by atoms with Crippen molar-refractivity contribution in [3.05, 3.63) is 29.9 Å². The summed E-state index contributed by atoms with van der Waals surface area (Å²) in [4.78, 5) is 8.79. The molecule has 5 heteroatoms. The predicted octanol–water partition coefficient (Wildman–Crippen LogP) is 2.72. The number of piperidine rings is 1. The molecule has 3 rings (SSSR count). The smallest absolute Gasteiger partial charge is 0.232 e. The van der Waals surface area contributed by atoms with Crippen LogP contribution >= 0.6 is 0 Å². The zero-order chi connectivity index (χ0) is 14.9. The van der Waals surface area contributed by atoms with E-state index in [-0.39, 0.29) is 5.41 Å². The van der Waals surface area contributed by atoms with E-state index in [1.165, 1.54) is 12.8 Å². The first kappa shape index (κ1) is 14.2. The summed E-state index contributed by atoms with van der Waals surface area (Å²) in [6, 6.07) is 1.96. The average molecular weight is 286 g/mol. The highest BCUT2D eigenvalue weighted by Crippen LogP contribution is 2.35. The van der Waals surface area contributed by atoms with Crippen molar-refractivity contribution in [2.45, 2.75) is 39.0 Å². The van der Waals surface area contributed by atoms with Crippen molar-refractivity contribution >= 4 is 0 Å². The minimum atomic E-state index is -0.116. The molecule has 0 bridgehead atoms. The Kier molecular flexibility index (Phi) is 3.76. The lowest BCUT2D eigenvalue weighted by Gasteiger charge is -2.34. The normalized spacial score (nSPS) is 19.7. The van der Waals surface area contributed by atoms with E-state index in [0.29, 0.717) is 11.7 Å². The zero-order valence-electron chi connectivity index (χ0n) is 12.9. The first-order valence-electron chi connectivity index (χ1n) is 7.55. The molecule has 2 aromatic rings. The van der Waals surface area contributed by atoms with Gasteiger partial charge in [0.25, 0.3) is 0 Å². The third-order valence-corrected chi connectivity index (χ3v) is 4.57. The van der Waals surface area contributed by atoms with E-state index in [1.54, 1.807) is 12.4 Å². The number of nitrogens with one attached hydrogen (secondary N) is 1. The third kappa shape index (κ3) is 2.70. The van der Waals surface area contributed by atoms with Crippen molar-refractivity contribution in [3.8, 4) is 11.4 Å². The second-order valence-corrected chi connectivity index (χ2v) is 6.38. The number of aryl methyl sites for hydroxylation is 1. The van der Waals surface area contributed by atoms with Gasteiger partial charge in [-0.3, -0.25) is 4.98 Å². The second-order valence-electron chi connectivity index (χ2n) is 6.38. The molecule has 112 valence electrons. The van der Waals surface area contributed by atoms with Crippen LogP contribution in [0.4, 0.5) is 0 Å². The highest BCUT2D eigenvalue weighted by Gasteiger charge is 2.37. The first-order valence-corrected chi connectivity index (χ1v) is 7.55. The lowest BCUT2D eigenvalue weighted by molar-refractivity contribution is 0.196. The highest BCUT2D eigenvalue weighted by atomic mass is 16.5. The molecular weight excluding hydrogens is 264 g/mol. The molecule has 3 heterocycles. The number of aromatic nitrogens is 3. The van der Waals surface area contributed by atoms with Crippen LogP contribution < -0.4 is 5.32 Å². The van der Waals surface area contributed by atoms with Gasteiger partial charge >= 0.3 is 0 Å². The van der Waals surface area contributed by atoms with Crippen LogP contribution in [0.15, 0.2) is 23.0 Å². The number of hydrogen-bond donors (Lipinski definition) is 1. The van der Waals surface area contributed by atoms with Crippen LogP contribution in [0.1, 0.15) is 38.1 Å². The summed E-state index contributed by atoms with van der Waals surface area (Å²) < 4.78 is 5.58. The Labute approximate surface area is 125 Å². The summed E-state index contributed by atoms with van der Waals surface area (Å²) in [5.74, 6) is 1.87. The Balaban J connectivity index is 1.89. The summed E-state index contributed by atoms with van der Waals surface area (Å²) in [7, 11) is 0. The minimum absolute atomic E-state index is 0.116. The monoisotopic (exact) mass is 286 g/mol. The number of nitrogens with zero attached hydrogens (tertiary/aromatic N) is 3. The van der Waals surface area contributed by atoms with Crippen molar-refractivity contribution in [2.75, 3.05) is 13.1 Å². The summed E-state index contributed by atoms with van der Waals surface area (Å²) in [6.07, 6.45) is 5.97. The molecule has 2 aromatic heterocycles. The van der Waals surface area contributed by atoms with Crippen molar-refractivity contribution in [3.63, 3.8) is 0 Å². The number of pyridine rings is 1. The molecule has 1 aliphatic heterocycles. The van der Waals surface area contributed by atoms with Crippen molar-refractivity contribution < 1.29 is 4.52 Å². The molecule has 0 aromatic carbocycles. The molecular formula is C16H22N4O. The molecule has 21 heavy (non-hydrogen) atoms. The topological polar surface area (TPSA) is 63.8 Å². The molecule has 1 saturated heterocycles. The maximum atomic E-state index is 5.58. The molecule has 1 unspecified atom stereocenters. The molecule has 1 aliphatic rings. The molecule has 1 atom stereocenters. The average Bonchev–Trinajstić information content (AvgIpc) is 2.99. The second kappa shape index (κ2) is 5.56. The lowest BCUT2D eigenvalue weighted by atomic mass is 9.75. The number of rotatable bonds is 3. The van der Waals surface area contributed by atoms with Crippen LogP contribution in [0.5, 0.6) is 0 Å². The summed E-state index contributed by atoms with van der Waals surface area (Å²) >= 11 is 0. The Morgan fingerprint density at radius 1 is 1.38 bits per heavy atom. The minimum Gasteiger partial charge on any atom is -0.338 e. The van der Waals surface area contributed by atoms with Crippen LogP contribution in [-0.4, -0.2) is 28.2 Å². The predicted molar refractivity (Wildman–Crippen MR) is 80.9 cm³/mol. The van der Waals surface area contributed by atoms with Gasteiger partial charge in [0, 0.05) is 23.4 Å². The van der Waals surface area contributed by atoms with E-state index < -0.39 is 0 Å². The Morgan fingerprint density at radius 3 is 2.95 bits per heavy atom. The van der Waals surface area contributed by atoms with Crippen molar-refractivity contribution in [1.82, 2.24) is 20.4 Å². The Morgan fingerprint density at radius 2 is 2.24 bits per heavy atom. The van der Waals surface area contributed by atoms with E-state index in [0.717, 1.165) is 30.1 Å². The zero-order valence-corrected chi connectivity index (χ0v) is 12.9. The molecule has 0 radical (unpaired) electrons. The van der Waals surface area contributed by atoms with Crippen molar-refractivity contribution in [2.24, 2.45) is 5.92 Å². The fraction of sp³-hybridized carbons (Fsp3) is 0.562. The summed E-state index contributed by atoms with van der Waals surface area (Å²) in [5, 5.41) is 7.62. The van der Waals surface area contributed by atoms with Gasteiger partial charge in [0.05, 0.1) is 0 Å². The van der Waals surface area contributed by atoms with Gasteiger partial charge in [-0.2, -0.15) is 4.98 Å². The lowest BCUT2D eigenvalue weighted by Crippen LogP contribution is -2.40. The SMILES string of the molecule is Cc1ccncc1-c1noc(C(C)(C)C2CCCNC2)n1. The van der Waals surface area contributed by atoms with Crippen LogP contribution in [-0.2, 0) is 5.41 Å². The van der Waals surface area contributed by atoms with Gasteiger partial charge in [-0.15, -0.1) is 0 Å². The standard InChI is InChI=1S/C16H22N4O/c1-11-6-8-18-10-13(11)14-19-15(21-20-14)16(2,3)12-5-4-7-17-9-12/h6,8,10,12,17H,4-5,7,9H2,1-3H3. The van der Waals surface area contributed by atoms with Crippen LogP contribution in [0, 0.1) is 12.8 Å². The molecule has 5 nitrogen and oxygen atoms in total. The van der Waals surface area contributed by atoms with E-state index in [1.807, 2.05) is 13.0 Å². The quantitative estimate of drug-likeness (QED) is 0.940. The Bertz CT molecular complexity index is 614. The molecule has 0 amide bonds. The van der Waals surface area contributed by atoms with E-state index in [4.69, 9.17) is 4.52 Å². The first-order chi connectivity index (χ1) is 10.1. The van der Waals surface area contributed by atoms with E-state index >= 15 is 0 Å². The fourth-order valence-corrected chi connectivity index (χ4v) is 2.94. The van der Waals surface area contributed by atoms with E-state index in [2.05, 4.69) is 34.3 Å². The van der Waals surface area contributed by atoms with Gasteiger partial charge in [0.2, 0.25) is 11.7 Å². The molecule has 1 N–H and O–H groups in total. The molecule has 1 fully saturated rings. The summed E-state index contributed by atoms with van der Waals surface area (Å²) in [6.45, 7) is 8.53. The maximum absolute atomic E-state index is 5.58. The van der Waals surface area contributed by atoms with Gasteiger partial charge in [0.1, 0.15) is 0 Å². The summed E-state index contributed by atoms with van der Waals surface area (Å²) in [5.41, 5.74) is 1.92. The van der Waals surface area contributed by atoms with Crippen LogP contribution in [0.25, 0.3) is 11.4 Å².